The fraction of sp³-hybridized carbons (Fsp3) is 0.259. The van der Waals surface area contributed by atoms with E-state index >= 15 is 0 Å². The molecule has 0 aliphatic carbocycles. The molecule has 1 fully saturated rings. The summed E-state index contributed by atoms with van der Waals surface area (Å²) in [7, 11) is 0. The van der Waals surface area contributed by atoms with E-state index in [-0.39, 0.29) is 11.4 Å². The molecule has 4 rings (SSSR count). The van der Waals surface area contributed by atoms with Crippen molar-refractivity contribution < 1.29 is 22.8 Å². The molecule has 0 atom stereocenters. The fourth-order valence-corrected chi connectivity index (χ4v) is 4.06. The van der Waals surface area contributed by atoms with Crippen LogP contribution in [0.15, 0.2) is 78.9 Å². The summed E-state index contributed by atoms with van der Waals surface area (Å²) in [4.78, 5) is 28.8. The zero-order valence-electron chi connectivity index (χ0n) is 19.6. The molecule has 0 spiro atoms. The SMILES string of the molecule is O=C(Nc1ccc(NC(=O)N2CCN(CCc3ccccc3)CC2)c(C(F)(F)F)c1)c1ccccc1. The fourth-order valence-electron chi connectivity index (χ4n) is 4.06. The molecule has 1 heterocycles. The van der Waals surface area contributed by atoms with Gasteiger partial charge >= 0.3 is 12.2 Å². The molecule has 0 unspecified atom stereocenters. The highest BCUT2D eigenvalue weighted by atomic mass is 19.4. The van der Waals surface area contributed by atoms with Gasteiger partial charge in [0.05, 0.1) is 11.3 Å². The van der Waals surface area contributed by atoms with Crippen LogP contribution in [0, 0.1) is 0 Å². The molecule has 0 saturated carbocycles. The summed E-state index contributed by atoms with van der Waals surface area (Å²) in [6.45, 7) is 3.00. The molecule has 1 aliphatic heterocycles. The summed E-state index contributed by atoms with van der Waals surface area (Å²) in [5.74, 6) is -0.523. The van der Waals surface area contributed by atoms with Gasteiger partial charge in [0.1, 0.15) is 0 Å². The first-order valence-corrected chi connectivity index (χ1v) is 11.7. The molecule has 2 N–H and O–H groups in total. The normalized spacial score (nSPS) is 14.4. The minimum absolute atomic E-state index is 0.0128. The standard InChI is InChI=1S/C27H27F3N4O2/c28-27(29,30)23-19-22(31-25(35)21-9-5-2-6-10-21)11-12-24(23)32-26(36)34-17-15-33(16-18-34)14-13-20-7-3-1-4-8-20/h1-12,19H,13-18H2,(H,31,35)(H,32,36). The third-order valence-corrected chi connectivity index (χ3v) is 6.08. The number of rotatable bonds is 6. The quantitative estimate of drug-likeness (QED) is 0.484. The van der Waals surface area contributed by atoms with Gasteiger partial charge in [-0.05, 0) is 42.3 Å². The number of hydrogen-bond donors (Lipinski definition) is 2. The number of piperazine rings is 1. The van der Waals surface area contributed by atoms with Gasteiger partial charge in [0.25, 0.3) is 5.91 Å². The first kappa shape index (κ1) is 25.2. The van der Waals surface area contributed by atoms with Crippen LogP contribution in [0.1, 0.15) is 21.5 Å². The van der Waals surface area contributed by atoms with Crippen LogP contribution < -0.4 is 10.6 Å². The highest BCUT2D eigenvalue weighted by molar-refractivity contribution is 6.04. The maximum Gasteiger partial charge on any atom is 0.418 e. The summed E-state index contributed by atoms with van der Waals surface area (Å²) in [5.41, 5.74) is 0.174. The van der Waals surface area contributed by atoms with E-state index in [0.717, 1.165) is 25.1 Å². The van der Waals surface area contributed by atoms with Crippen LogP contribution in [0.5, 0.6) is 0 Å². The second-order valence-corrected chi connectivity index (χ2v) is 8.57. The van der Waals surface area contributed by atoms with Gasteiger partial charge in [-0.25, -0.2) is 4.79 Å². The Kier molecular flexibility index (Phi) is 7.90. The Balaban J connectivity index is 1.36. The van der Waals surface area contributed by atoms with Gasteiger partial charge in [-0.2, -0.15) is 13.2 Å². The highest BCUT2D eigenvalue weighted by Gasteiger charge is 2.35. The minimum Gasteiger partial charge on any atom is -0.322 e. The zero-order chi connectivity index (χ0) is 25.5. The first-order valence-electron chi connectivity index (χ1n) is 11.7. The molecule has 0 radical (unpaired) electrons. The van der Waals surface area contributed by atoms with Crippen molar-refractivity contribution in [2.24, 2.45) is 0 Å². The van der Waals surface area contributed by atoms with Crippen LogP contribution in [-0.4, -0.2) is 54.5 Å². The number of urea groups is 1. The van der Waals surface area contributed by atoms with Gasteiger partial charge < -0.3 is 15.5 Å². The van der Waals surface area contributed by atoms with Crippen LogP contribution >= 0.6 is 0 Å². The Morgan fingerprint density at radius 2 is 1.44 bits per heavy atom. The number of carbonyl (C=O) groups excluding carboxylic acids is 2. The molecule has 1 saturated heterocycles. The van der Waals surface area contributed by atoms with E-state index in [1.165, 1.54) is 16.5 Å². The Morgan fingerprint density at radius 1 is 0.806 bits per heavy atom. The van der Waals surface area contributed by atoms with Crippen molar-refractivity contribution in [3.05, 3.63) is 95.6 Å². The van der Waals surface area contributed by atoms with Crippen molar-refractivity contribution in [3.63, 3.8) is 0 Å². The monoisotopic (exact) mass is 496 g/mol. The van der Waals surface area contributed by atoms with Gasteiger partial charge in [0, 0.05) is 44.0 Å². The average Bonchev–Trinajstić information content (AvgIpc) is 2.89. The average molecular weight is 497 g/mol. The molecule has 3 aromatic rings. The number of amides is 3. The van der Waals surface area contributed by atoms with Crippen molar-refractivity contribution in [2.45, 2.75) is 12.6 Å². The largest absolute Gasteiger partial charge is 0.418 e. The van der Waals surface area contributed by atoms with Crippen molar-refractivity contribution in [1.82, 2.24) is 9.80 Å². The lowest BCUT2D eigenvalue weighted by atomic mass is 10.1. The Bertz CT molecular complexity index is 1180. The van der Waals surface area contributed by atoms with Gasteiger partial charge in [-0.1, -0.05) is 48.5 Å². The van der Waals surface area contributed by atoms with Crippen molar-refractivity contribution >= 4 is 23.3 Å². The molecule has 3 aromatic carbocycles. The lowest BCUT2D eigenvalue weighted by molar-refractivity contribution is -0.136. The van der Waals surface area contributed by atoms with Crippen LogP contribution in [0.2, 0.25) is 0 Å². The molecular weight excluding hydrogens is 469 g/mol. The Morgan fingerprint density at radius 3 is 2.08 bits per heavy atom. The third-order valence-electron chi connectivity index (χ3n) is 6.08. The minimum atomic E-state index is -4.72. The van der Waals surface area contributed by atoms with E-state index < -0.39 is 23.7 Å². The second kappa shape index (κ2) is 11.3. The summed E-state index contributed by atoms with van der Waals surface area (Å²) in [5, 5.41) is 4.88. The molecule has 1 aliphatic rings. The Hall–Kier alpha value is -3.85. The van der Waals surface area contributed by atoms with Gasteiger partial charge in [0.2, 0.25) is 0 Å². The van der Waals surface area contributed by atoms with Crippen LogP contribution in [0.25, 0.3) is 0 Å². The number of halogens is 3. The number of benzene rings is 3. The number of nitrogens with zero attached hydrogens (tertiary/aromatic N) is 2. The molecule has 36 heavy (non-hydrogen) atoms. The molecule has 6 nitrogen and oxygen atoms in total. The predicted octanol–water partition coefficient (Wildman–Crippen LogP) is 5.35. The summed E-state index contributed by atoms with van der Waals surface area (Å²) < 4.78 is 41.3. The first-order chi connectivity index (χ1) is 17.3. The third kappa shape index (κ3) is 6.63. The maximum absolute atomic E-state index is 13.8. The van der Waals surface area contributed by atoms with Crippen molar-refractivity contribution in [3.8, 4) is 0 Å². The number of alkyl halides is 3. The molecule has 0 bridgehead atoms. The lowest BCUT2D eigenvalue weighted by Crippen LogP contribution is -2.50. The van der Waals surface area contributed by atoms with E-state index in [4.69, 9.17) is 0 Å². The smallest absolute Gasteiger partial charge is 0.322 e. The summed E-state index contributed by atoms with van der Waals surface area (Å²) >= 11 is 0. The topological polar surface area (TPSA) is 64.7 Å². The van der Waals surface area contributed by atoms with Crippen LogP contribution in [-0.2, 0) is 12.6 Å². The number of hydrogen-bond acceptors (Lipinski definition) is 3. The Labute approximate surface area is 207 Å². The van der Waals surface area contributed by atoms with E-state index in [1.807, 2.05) is 18.2 Å². The molecule has 9 heteroatoms. The molecule has 3 amide bonds. The number of carbonyl (C=O) groups is 2. The van der Waals surface area contributed by atoms with E-state index in [1.54, 1.807) is 30.3 Å². The molecule has 0 aromatic heterocycles. The van der Waals surface area contributed by atoms with Gasteiger partial charge in [-0.15, -0.1) is 0 Å². The molecule has 188 valence electrons. The number of anilines is 2. The molecular formula is C27H27F3N4O2. The highest BCUT2D eigenvalue weighted by Crippen LogP contribution is 2.37. The van der Waals surface area contributed by atoms with Crippen LogP contribution in [0.3, 0.4) is 0 Å². The van der Waals surface area contributed by atoms with Crippen molar-refractivity contribution in [2.75, 3.05) is 43.4 Å². The maximum atomic E-state index is 13.8. The van der Waals surface area contributed by atoms with E-state index in [0.29, 0.717) is 31.7 Å². The zero-order valence-corrected chi connectivity index (χ0v) is 19.6. The van der Waals surface area contributed by atoms with E-state index in [2.05, 4.69) is 27.7 Å². The van der Waals surface area contributed by atoms with E-state index in [9.17, 15) is 22.8 Å². The second-order valence-electron chi connectivity index (χ2n) is 8.57. The summed E-state index contributed by atoms with van der Waals surface area (Å²) in [6, 6.07) is 21.1. The van der Waals surface area contributed by atoms with Crippen LogP contribution in [0.4, 0.5) is 29.3 Å². The van der Waals surface area contributed by atoms with Gasteiger partial charge in [0.15, 0.2) is 0 Å². The van der Waals surface area contributed by atoms with Crippen molar-refractivity contribution in [1.29, 1.82) is 0 Å². The lowest BCUT2D eigenvalue weighted by Gasteiger charge is -2.34. The predicted molar refractivity (Wildman–Crippen MR) is 133 cm³/mol. The summed E-state index contributed by atoms with van der Waals surface area (Å²) in [6.07, 6.45) is -3.82. The van der Waals surface area contributed by atoms with Gasteiger partial charge in [-0.3, -0.25) is 9.69 Å². The number of nitrogens with one attached hydrogen (secondary N) is 2.